The standard InChI is InChI=1S/C17H21FN2/c1-4-19-16(10-14-9-8-12(2)11-20-14)15-7-5-6-13(3)17(15)18/h5-9,11,16,19H,4,10H2,1-3H3. The van der Waals surface area contributed by atoms with E-state index in [4.69, 9.17) is 0 Å². The van der Waals surface area contributed by atoms with Gasteiger partial charge in [0, 0.05) is 29.9 Å². The number of nitrogens with zero attached hydrogens (tertiary/aromatic N) is 1. The highest BCUT2D eigenvalue weighted by Gasteiger charge is 2.17. The first-order chi connectivity index (χ1) is 9.61. The fourth-order valence-electron chi connectivity index (χ4n) is 2.31. The lowest BCUT2D eigenvalue weighted by Crippen LogP contribution is -2.24. The molecule has 0 saturated carbocycles. The first-order valence-electron chi connectivity index (χ1n) is 7.01. The molecule has 0 bridgehead atoms. The molecule has 0 radical (unpaired) electrons. The number of aryl methyl sites for hydroxylation is 2. The number of likely N-dealkylation sites (N-methyl/N-ethyl adjacent to an activating group) is 1. The van der Waals surface area contributed by atoms with Crippen molar-refractivity contribution in [3.8, 4) is 0 Å². The van der Waals surface area contributed by atoms with Gasteiger partial charge in [0.1, 0.15) is 5.82 Å². The summed E-state index contributed by atoms with van der Waals surface area (Å²) in [6.07, 6.45) is 2.54. The number of hydrogen-bond donors (Lipinski definition) is 1. The van der Waals surface area contributed by atoms with Crippen LogP contribution in [0.5, 0.6) is 0 Å². The Morgan fingerprint density at radius 3 is 2.65 bits per heavy atom. The quantitative estimate of drug-likeness (QED) is 0.897. The van der Waals surface area contributed by atoms with Crippen molar-refractivity contribution in [1.29, 1.82) is 0 Å². The Morgan fingerprint density at radius 2 is 2.00 bits per heavy atom. The molecule has 2 aromatic rings. The molecule has 0 aliphatic heterocycles. The van der Waals surface area contributed by atoms with Gasteiger partial charge in [0.15, 0.2) is 0 Å². The zero-order valence-corrected chi connectivity index (χ0v) is 12.3. The molecule has 0 fully saturated rings. The Bertz CT molecular complexity index is 564. The van der Waals surface area contributed by atoms with Gasteiger partial charge < -0.3 is 5.32 Å². The van der Waals surface area contributed by atoms with Crippen molar-refractivity contribution in [2.45, 2.75) is 33.2 Å². The minimum atomic E-state index is -0.120. The first-order valence-corrected chi connectivity index (χ1v) is 7.01. The van der Waals surface area contributed by atoms with Crippen molar-refractivity contribution in [3.63, 3.8) is 0 Å². The van der Waals surface area contributed by atoms with Gasteiger partial charge in [-0.3, -0.25) is 4.98 Å². The molecule has 106 valence electrons. The Morgan fingerprint density at radius 1 is 1.20 bits per heavy atom. The van der Waals surface area contributed by atoms with E-state index in [2.05, 4.69) is 10.3 Å². The van der Waals surface area contributed by atoms with Crippen LogP contribution in [0.3, 0.4) is 0 Å². The molecule has 1 atom stereocenters. The Kier molecular flexibility index (Phi) is 4.85. The van der Waals surface area contributed by atoms with Gasteiger partial charge in [-0.25, -0.2) is 4.39 Å². The molecule has 1 aromatic carbocycles. The van der Waals surface area contributed by atoms with Crippen molar-refractivity contribution in [2.75, 3.05) is 6.54 Å². The number of aromatic nitrogens is 1. The first kappa shape index (κ1) is 14.7. The minimum absolute atomic E-state index is 0.0462. The molecule has 0 amide bonds. The third-order valence-corrected chi connectivity index (χ3v) is 3.43. The molecule has 0 aliphatic rings. The van der Waals surface area contributed by atoms with Gasteiger partial charge in [0.25, 0.3) is 0 Å². The molecule has 0 spiro atoms. The number of benzene rings is 1. The van der Waals surface area contributed by atoms with E-state index >= 15 is 0 Å². The largest absolute Gasteiger partial charge is 0.310 e. The van der Waals surface area contributed by atoms with Crippen molar-refractivity contribution < 1.29 is 4.39 Å². The highest BCUT2D eigenvalue weighted by molar-refractivity contribution is 5.29. The summed E-state index contributed by atoms with van der Waals surface area (Å²) >= 11 is 0. The lowest BCUT2D eigenvalue weighted by Gasteiger charge is -2.19. The van der Waals surface area contributed by atoms with Crippen LogP contribution in [-0.4, -0.2) is 11.5 Å². The van der Waals surface area contributed by atoms with Gasteiger partial charge in [0.2, 0.25) is 0 Å². The number of hydrogen-bond acceptors (Lipinski definition) is 2. The van der Waals surface area contributed by atoms with Crippen molar-refractivity contribution >= 4 is 0 Å². The molecule has 20 heavy (non-hydrogen) atoms. The normalized spacial score (nSPS) is 12.4. The van der Waals surface area contributed by atoms with Crippen LogP contribution in [0.1, 0.15) is 35.3 Å². The van der Waals surface area contributed by atoms with Gasteiger partial charge in [-0.1, -0.05) is 31.2 Å². The average Bonchev–Trinajstić information content (AvgIpc) is 2.44. The lowest BCUT2D eigenvalue weighted by atomic mass is 9.99. The summed E-state index contributed by atoms with van der Waals surface area (Å²) in [4.78, 5) is 4.42. The summed E-state index contributed by atoms with van der Waals surface area (Å²) in [7, 11) is 0. The fourth-order valence-corrected chi connectivity index (χ4v) is 2.31. The monoisotopic (exact) mass is 272 g/mol. The summed E-state index contributed by atoms with van der Waals surface area (Å²) in [5.41, 5.74) is 3.51. The molecule has 1 unspecified atom stereocenters. The molecule has 1 aromatic heterocycles. The van der Waals surface area contributed by atoms with Gasteiger partial charge >= 0.3 is 0 Å². The van der Waals surface area contributed by atoms with Gasteiger partial charge in [0.05, 0.1) is 0 Å². The molecule has 1 heterocycles. The second kappa shape index (κ2) is 6.62. The molecule has 0 saturated heterocycles. The van der Waals surface area contributed by atoms with Crippen LogP contribution in [-0.2, 0) is 6.42 Å². The summed E-state index contributed by atoms with van der Waals surface area (Å²) in [6, 6.07) is 9.55. The summed E-state index contributed by atoms with van der Waals surface area (Å²) in [6.45, 7) is 6.64. The highest BCUT2D eigenvalue weighted by Crippen LogP contribution is 2.22. The number of rotatable bonds is 5. The van der Waals surface area contributed by atoms with Gasteiger partial charge in [-0.05, 0) is 37.6 Å². The Balaban J connectivity index is 2.26. The van der Waals surface area contributed by atoms with Crippen LogP contribution in [0.4, 0.5) is 4.39 Å². The summed E-state index contributed by atoms with van der Waals surface area (Å²) in [5, 5.41) is 3.35. The van der Waals surface area contributed by atoms with Gasteiger partial charge in [-0.15, -0.1) is 0 Å². The fraction of sp³-hybridized carbons (Fsp3) is 0.353. The highest BCUT2D eigenvalue weighted by atomic mass is 19.1. The smallest absolute Gasteiger partial charge is 0.130 e. The van der Waals surface area contributed by atoms with E-state index in [1.54, 1.807) is 13.0 Å². The second-order valence-corrected chi connectivity index (χ2v) is 5.12. The molecule has 2 nitrogen and oxygen atoms in total. The number of pyridine rings is 1. The maximum absolute atomic E-state index is 14.3. The topological polar surface area (TPSA) is 24.9 Å². The van der Waals surface area contributed by atoms with Crippen molar-refractivity contribution in [1.82, 2.24) is 10.3 Å². The van der Waals surface area contributed by atoms with Crippen LogP contribution in [0.25, 0.3) is 0 Å². The van der Waals surface area contributed by atoms with E-state index in [-0.39, 0.29) is 11.9 Å². The van der Waals surface area contributed by atoms with Gasteiger partial charge in [-0.2, -0.15) is 0 Å². The van der Waals surface area contributed by atoms with Crippen molar-refractivity contribution in [2.24, 2.45) is 0 Å². The van der Waals surface area contributed by atoms with Crippen LogP contribution in [0.2, 0.25) is 0 Å². The predicted octanol–water partition coefficient (Wildman–Crippen LogP) is 3.73. The van der Waals surface area contributed by atoms with E-state index in [0.717, 1.165) is 17.8 Å². The third-order valence-electron chi connectivity index (χ3n) is 3.43. The zero-order valence-electron chi connectivity index (χ0n) is 12.3. The van der Waals surface area contributed by atoms with E-state index in [9.17, 15) is 4.39 Å². The molecule has 2 rings (SSSR count). The molecule has 3 heteroatoms. The maximum atomic E-state index is 14.3. The molecule has 1 N–H and O–H groups in total. The molecule has 0 aliphatic carbocycles. The van der Waals surface area contributed by atoms with Crippen LogP contribution in [0.15, 0.2) is 36.5 Å². The maximum Gasteiger partial charge on any atom is 0.130 e. The van der Waals surface area contributed by atoms with Crippen molar-refractivity contribution in [3.05, 3.63) is 64.7 Å². The Hall–Kier alpha value is -1.74. The lowest BCUT2D eigenvalue weighted by molar-refractivity contribution is 0.503. The van der Waals surface area contributed by atoms with E-state index in [1.807, 2.05) is 44.3 Å². The Labute approximate surface area is 120 Å². The van der Waals surface area contributed by atoms with Crippen LogP contribution < -0.4 is 5.32 Å². The average molecular weight is 272 g/mol. The minimum Gasteiger partial charge on any atom is -0.310 e. The summed E-state index contributed by atoms with van der Waals surface area (Å²) < 4.78 is 14.3. The van der Waals surface area contributed by atoms with E-state index < -0.39 is 0 Å². The number of halogens is 1. The SMILES string of the molecule is CCNC(Cc1ccc(C)cn1)c1cccc(C)c1F. The predicted molar refractivity (Wildman–Crippen MR) is 80.2 cm³/mol. The molecular formula is C17H21FN2. The van der Waals surface area contributed by atoms with Crippen LogP contribution >= 0.6 is 0 Å². The van der Waals surface area contributed by atoms with E-state index in [1.165, 1.54) is 0 Å². The number of nitrogens with one attached hydrogen (secondary N) is 1. The van der Waals surface area contributed by atoms with E-state index in [0.29, 0.717) is 17.5 Å². The zero-order chi connectivity index (χ0) is 14.5. The second-order valence-electron chi connectivity index (χ2n) is 5.12. The summed E-state index contributed by atoms with van der Waals surface area (Å²) in [5.74, 6) is -0.120. The van der Waals surface area contributed by atoms with Crippen LogP contribution in [0, 0.1) is 19.7 Å². The third kappa shape index (κ3) is 3.42. The molecular weight excluding hydrogens is 251 g/mol.